The number of amides is 2. The summed E-state index contributed by atoms with van der Waals surface area (Å²) in [5, 5.41) is 2.83. The second-order valence-corrected chi connectivity index (χ2v) is 7.76. The second-order valence-electron chi connectivity index (χ2n) is 7.76. The van der Waals surface area contributed by atoms with Gasteiger partial charge in [0.25, 0.3) is 5.91 Å². The molecule has 29 heavy (non-hydrogen) atoms. The van der Waals surface area contributed by atoms with E-state index < -0.39 is 5.97 Å². The van der Waals surface area contributed by atoms with Crippen LogP contribution in [0.5, 0.6) is 0 Å². The first-order valence-corrected chi connectivity index (χ1v) is 9.49. The summed E-state index contributed by atoms with van der Waals surface area (Å²) in [5.74, 6) is -0.963. The number of carbonyl (C=O) groups is 3. The van der Waals surface area contributed by atoms with Crippen LogP contribution in [0.1, 0.15) is 54.0 Å². The molecule has 154 valence electrons. The molecule has 0 spiro atoms. The average Bonchev–Trinajstić information content (AvgIpc) is 2.69. The molecule has 0 heterocycles. The SMILES string of the molecule is COC(=O)c1ccccc1N(CCNC(=O)c1ccc(C(C)(C)C)cc1)C(C)=O. The van der Waals surface area contributed by atoms with Crippen LogP contribution in [0.2, 0.25) is 0 Å². The summed E-state index contributed by atoms with van der Waals surface area (Å²) in [6, 6.07) is 14.2. The Morgan fingerprint density at radius 1 is 1.00 bits per heavy atom. The monoisotopic (exact) mass is 396 g/mol. The van der Waals surface area contributed by atoms with E-state index in [1.165, 1.54) is 18.9 Å². The maximum Gasteiger partial charge on any atom is 0.339 e. The van der Waals surface area contributed by atoms with E-state index in [0.29, 0.717) is 16.8 Å². The van der Waals surface area contributed by atoms with Crippen molar-refractivity contribution in [3.8, 4) is 0 Å². The van der Waals surface area contributed by atoms with Gasteiger partial charge in [-0.2, -0.15) is 0 Å². The highest BCUT2D eigenvalue weighted by Crippen LogP contribution is 2.23. The maximum atomic E-state index is 12.4. The Balaban J connectivity index is 2.06. The molecule has 2 amide bonds. The van der Waals surface area contributed by atoms with Crippen LogP contribution in [-0.4, -0.2) is 38.0 Å². The Hall–Kier alpha value is -3.15. The van der Waals surface area contributed by atoms with Gasteiger partial charge >= 0.3 is 5.97 Å². The van der Waals surface area contributed by atoms with E-state index >= 15 is 0 Å². The highest BCUT2D eigenvalue weighted by atomic mass is 16.5. The molecule has 2 rings (SSSR count). The quantitative estimate of drug-likeness (QED) is 0.758. The van der Waals surface area contributed by atoms with E-state index in [0.717, 1.165) is 5.56 Å². The summed E-state index contributed by atoms with van der Waals surface area (Å²) in [5.41, 5.74) is 2.48. The van der Waals surface area contributed by atoms with Crippen LogP contribution in [0.25, 0.3) is 0 Å². The van der Waals surface area contributed by atoms with Crippen molar-refractivity contribution in [2.24, 2.45) is 0 Å². The number of nitrogens with zero attached hydrogens (tertiary/aromatic N) is 1. The number of benzene rings is 2. The molecule has 6 nitrogen and oxygen atoms in total. The molecule has 0 aliphatic rings. The van der Waals surface area contributed by atoms with E-state index in [9.17, 15) is 14.4 Å². The minimum Gasteiger partial charge on any atom is -0.465 e. The molecule has 0 saturated carbocycles. The van der Waals surface area contributed by atoms with Gasteiger partial charge in [-0.15, -0.1) is 0 Å². The van der Waals surface area contributed by atoms with Crippen molar-refractivity contribution in [2.45, 2.75) is 33.1 Å². The molecule has 0 aromatic heterocycles. The van der Waals surface area contributed by atoms with Crippen molar-refractivity contribution in [3.05, 3.63) is 65.2 Å². The Bertz CT molecular complexity index is 882. The van der Waals surface area contributed by atoms with Gasteiger partial charge in [-0.1, -0.05) is 45.0 Å². The van der Waals surface area contributed by atoms with Gasteiger partial charge in [-0.05, 0) is 35.2 Å². The number of esters is 1. The Kier molecular flexibility index (Phi) is 7.15. The largest absolute Gasteiger partial charge is 0.465 e. The van der Waals surface area contributed by atoms with Crippen molar-refractivity contribution < 1.29 is 19.1 Å². The third-order valence-corrected chi connectivity index (χ3v) is 4.61. The summed E-state index contributed by atoms with van der Waals surface area (Å²) in [4.78, 5) is 38.0. The number of hydrogen-bond donors (Lipinski definition) is 1. The van der Waals surface area contributed by atoms with Gasteiger partial charge in [0, 0.05) is 25.6 Å². The van der Waals surface area contributed by atoms with Crippen LogP contribution in [0.3, 0.4) is 0 Å². The number of nitrogens with one attached hydrogen (secondary N) is 1. The smallest absolute Gasteiger partial charge is 0.339 e. The van der Waals surface area contributed by atoms with Crippen LogP contribution >= 0.6 is 0 Å². The van der Waals surface area contributed by atoms with Gasteiger partial charge in [-0.25, -0.2) is 4.79 Å². The number of anilines is 1. The number of para-hydroxylation sites is 1. The number of ether oxygens (including phenoxy) is 1. The van der Waals surface area contributed by atoms with Crippen LogP contribution < -0.4 is 10.2 Å². The first kappa shape index (κ1) is 22.1. The zero-order chi connectivity index (χ0) is 21.6. The molecule has 0 bridgehead atoms. The molecule has 1 N–H and O–H groups in total. The Morgan fingerprint density at radius 3 is 2.17 bits per heavy atom. The number of methoxy groups -OCH3 is 1. The fraction of sp³-hybridized carbons (Fsp3) is 0.348. The van der Waals surface area contributed by atoms with Gasteiger partial charge in [-0.3, -0.25) is 9.59 Å². The zero-order valence-corrected chi connectivity index (χ0v) is 17.6. The lowest BCUT2D eigenvalue weighted by Crippen LogP contribution is -2.38. The van der Waals surface area contributed by atoms with E-state index in [1.807, 2.05) is 12.1 Å². The standard InChI is InChI=1S/C23H28N2O4/c1-16(26)25(20-9-7-6-8-19(20)22(28)29-5)15-14-24-21(27)17-10-12-18(13-11-17)23(2,3)4/h6-13H,14-15H2,1-5H3,(H,24,27). The first-order valence-electron chi connectivity index (χ1n) is 9.49. The average molecular weight is 396 g/mol. The summed E-state index contributed by atoms with van der Waals surface area (Å²) in [7, 11) is 1.29. The minimum absolute atomic E-state index is 0.0179. The third-order valence-electron chi connectivity index (χ3n) is 4.61. The number of rotatable bonds is 6. The van der Waals surface area contributed by atoms with E-state index in [4.69, 9.17) is 4.74 Å². The Morgan fingerprint density at radius 2 is 1.62 bits per heavy atom. The highest BCUT2D eigenvalue weighted by molar-refractivity contribution is 6.02. The van der Waals surface area contributed by atoms with Crippen molar-refractivity contribution in [3.63, 3.8) is 0 Å². The van der Waals surface area contributed by atoms with E-state index in [1.54, 1.807) is 36.4 Å². The molecule has 2 aromatic rings. The van der Waals surface area contributed by atoms with Gasteiger partial charge in [0.1, 0.15) is 0 Å². The fourth-order valence-corrected chi connectivity index (χ4v) is 2.94. The molecule has 0 aliphatic heterocycles. The summed E-state index contributed by atoms with van der Waals surface area (Å²) in [6.07, 6.45) is 0. The Labute approximate surface area is 171 Å². The normalized spacial score (nSPS) is 10.9. The van der Waals surface area contributed by atoms with Crippen molar-refractivity contribution in [1.82, 2.24) is 5.32 Å². The number of hydrogen-bond acceptors (Lipinski definition) is 4. The molecular formula is C23H28N2O4. The van der Waals surface area contributed by atoms with E-state index in [-0.39, 0.29) is 30.3 Å². The molecule has 2 aromatic carbocycles. The molecular weight excluding hydrogens is 368 g/mol. The summed E-state index contributed by atoms with van der Waals surface area (Å²) < 4.78 is 4.79. The minimum atomic E-state index is -0.519. The highest BCUT2D eigenvalue weighted by Gasteiger charge is 2.20. The first-order chi connectivity index (χ1) is 13.6. The van der Waals surface area contributed by atoms with E-state index in [2.05, 4.69) is 26.1 Å². The van der Waals surface area contributed by atoms with Crippen molar-refractivity contribution >= 4 is 23.5 Å². The van der Waals surface area contributed by atoms with Gasteiger partial charge in [0.15, 0.2) is 0 Å². The molecule has 0 radical (unpaired) electrons. The van der Waals surface area contributed by atoms with Gasteiger partial charge < -0.3 is 15.0 Å². The second kappa shape index (κ2) is 9.37. The lowest BCUT2D eigenvalue weighted by Gasteiger charge is -2.23. The van der Waals surface area contributed by atoms with Crippen LogP contribution in [0.15, 0.2) is 48.5 Å². The number of carbonyl (C=O) groups excluding carboxylic acids is 3. The molecule has 0 aliphatic carbocycles. The van der Waals surface area contributed by atoms with Crippen LogP contribution in [0.4, 0.5) is 5.69 Å². The molecule has 6 heteroatoms. The molecule has 0 fully saturated rings. The summed E-state index contributed by atoms with van der Waals surface area (Å²) in [6.45, 7) is 8.24. The lowest BCUT2D eigenvalue weighted by molar-refractivity contribution is -0.116. The van der Waals surface area contributed by atoms with Crippen LogP contribution in [-0.2, 0) is 14.9 Å². The molecule has 0 atom stereocenters. The van der Waals surface area contributed by atoms with Crippen LogP contribution in [0, 0.1) is 0 Å². The maximum absolute atomic E-state index is 12.4. The topological polar surface area (TPSA) is 75.7 Å². The molecule has 0 unspecified atom stereocenters. The summed E-state index contributed by atoms with van der Waals surface area (Å²) >= 11 is 0. The van der Waals surface area contributed by atoms with Gasteiger partial charge in [0.2, 0.25) is 5.91 Å². The van der Waals surface area contributed by atoms with Gasteiger partial charge in [0.05, 0.1) is 18.4 Å². The zero-order valence-electron chi connectivity index (χ0n) is 17.6. The fourth-order valence-electron chi connectivity index (χ4n) is 2.94. The lowest BCUT2D eigenvalue weighted by atomic mass is 9.87. The predicted octanol–water partition coefficient (Wildman–Crippen LogP) is 3.55. The molecule has 0 saturated heterocycles. The van der Waals surface area contributed by atoms with Crippen molar-refractivity contribution in [1.29, 1.82) is 0 Å². The van der Waals surface area contributed by atoms with Crippen molar-refractivity contribution in [2.75, 3.05) is 25.1 Å². The third kappa shape index (κ3) is 5.67. The predicted molar refractivity (Wildman–Crippen MR) is 113 cm³/mol.